The van der Waals surface area contributed by atoms with Gasteiger partial charge in [0.2, 0.25) is 0 Å². The van der Waals surface area contributed by atoms with E-state index in [2.05, 4.69) is 22.5 Å². The van der Waals surface area contributed by atoms with Gasteiger partial charge in [0.25, 0.3) is 5.91 Å². The zero-order chi connectivity index (χ0) is 17.1. The maximum atomic E-state index is 12.4. The van der Waals surface area contributed by atoms with Gasteiger partial charge >= 0.3 is 0 Å². The summed E-state index contributed by atoms with van der Waals surface area (Å²) in [6.45, 7) is 6.71. The van der Waals surface area contributed by atoms with Gasteiger partial charge in [-0.1, -0.05) is 36.4 Å². The highest BCUT2D eigenvalue weighted by atomic mass is 16.1. The number of anilines is 1. The Labute approximate surface area is 142 Å². The number of nitrogens with zero attached hydrogens (tertiary/aromatic N) is 2. The lowest BCUT2D eigenvalue weighted by Crippen LogP contribution is -2.13. The summed E-state index contributed by atoms with van der Waals surface area (Å²) in [6, 6.07) is 17.7. The molecule has 1 aromatic heterocycles. The maximum absolute atomic E-state index is 12.4. The van der Waals surface area contributed by atoms with Gasteiger partial charge in [-0.2, -0.15) is 5.10 Å². The third-order valence-electron chi connectivity index (χ3n) is 4.17. The Kier molecular flexibility index (Phi) is 4.47. The molecule has 24 heavy (non-hydrogen) atoms. The zero-order valence-corrected chi connectivity index (χ0v) is 14.2. The Morgan fingerprint density at radius 3 is 2.46 bits per heavy atom. The van der Waals surface area contributed by atoms with Crippen molar-refractivity contribution in [2.75, 3.05) is 5.32 Å². The molecule has 0 saturated heterocycles. The van der Waals surface area contributed by atoms with Crippen LogP contribution in [0.1, 0.15) is 32.7 Å². The fourth-order valence-electron chi connectivity index (χ4n) is 2.56. The molecule has 0 aliphatic carbocycles. The average Bonchev–Trinajstić information content (AvgIpc) is 2.90. The monoisotopic (exact) mass is 319 g/mol. The molecule has 4 nitrogen and oxygen atoms in total. The summed E-state index contributed by atoms with van der Waals surface area (Å²) in [4.78, 5) is 12.4. The summed E-state index contributed by atoms with van der Waals surface area (Å²) in [6.07, 6.45) is 0. The molecular weight excluding hydrogens is 298 g/mol. The fourth-order valence-corrected chi connectivity index (χ4v) is 2.56. The molecule has 1 heterocycles. The highest BCUT2D eigenvalue weighted by Gasteiger charge is 2.11. The zero-order valence-electron chi connectivity index (χ0n) is 14.2. The van der Waals surface area contributed by atoms with Crippen molar-refractivity contribution >= 4 is 11.7 Å². The van der Waals surface area contributed by atoms with Gasteiger partial charge in [0.1, 0.15) is 0 Å². The summed E-state index contributed by atoms with van der Waals surface area (Å²) in [5.74, 6) is 0.439. The number of carbonyl (C=O) groups excluding carboxylic acids is 1. The van der Waals surface area contributed by atoms with E-state index in [0.29, 0.717) is 17.9 Å². The fraction of sp³-hybridized carbons (Fsp3) is 0.200. The molecule has 0 spiro atoms. The molecular formula is C20H21N3O. The van der Waals surface area contributed by atoms with Crippen molar-refractivity contribution in [2.24, 2.45) is 0 Å². The van der Waals surface area contributed by atoms with Gasteiger partial charge in [-0.05, 0) is 49.6 Å². The summed E-state index contributed by atoms with van der Waals surface area (Å²) < 4.78 is 1.89. The van der Waals surface area contributed by atoms with Crippen molar-refractivity contribution in [3.63, 3.8) is 0 Å². The van der Waals surface area contributed by atoms with Crippen LogP contribution in [-0.2, 0) is 6.54 Å². The Morgan fingerprint density at radius 1 is 1.00 bits per heavy atom. The highest BCUT2D eigenvalue weighted by Crippen LogP contribution is 2.14. The normalized spacial score (nSPS) is 10.6. The van der Waals surface area contributed by atoms with Gasteiger partial charge in [0.15, 0.2) is 5.82 Å². The first-order valence-electron chi connectivity index (χ1n) is 8.00. The molecule has 3 aromatic rings. The lowest BCUT2D eigenvalue weighted by molar-refractivity contribution is 0.102. The summed E-state index contributed by atoms with van der Waals surface area (Å²) >= 11 is 0. The quantitative estimate of drug-likeness (QED) is 0.786. The molecule has 0 atom stereocenters. The molecule has 1 amide bonds. The highest BCUT2D eigenvalue weighted by molar-refractivity contribution is 6.03. The number of aromatic nitrogens is 2. The van der Waals surface area contributed by atoms with Crippen LogP contribution in [0.2, 0.25) is 0 Å². The molecule has 122 valence electrons. The molecule has 0 fully saturated rings. The molecule has 0 aliphatic heterocycles. The van der Waals surface area contributed by atoms with Gasteiger partial charge in [-0.3, -0.25) is 9.48 Å². The van der Waals surface area contributed by atoms with Crippen LogP contribution in [-0.4, -0.2) is 15.7 Å². The van der Waals surface area contributed by atoms with Crippen molar-refractivity contribution in [3.8, 4) is 0 Å². The Balaban J connectivity index is 1.75. The van der Waals surface area contributed by atoms with Crippen molar-refractivity contribution in [2.45, 2.75) is 27.3 Å². The van der Waals surface area contributed by atoms with E-state index in [0.717, 1.165) is 11.3 Å². The second kappa shape index (κ2) is 6.71. The molecule has 3 rings (SSSR count). The average molecular weight is 319 g/mol. The van der Waals surface area contributed by atoms with E-state index >= 15 is 0 Å². The van der Waals surface area contributed by atoms with Gasteiger partial charge < -0.3 is 5.32 Å². The smallest absolute Gasteiger partial charge is 0.256 e. The van der Waals surface area contributed by atoms with Crippen LogP contribution >= 0.6 is 0 Å². The molecule has 4 heteroatoms. The predicted molar refractivity (Wildman–Crippen MR) is 96.4 cm³/mol. The van der Waals surface area contributed by atoms with Gasteiger partial charge in [-0.25, -0.2) is 0 Å². The molecule has 0 aliphatic rings. The Bertz CT molecular complexity index is 866. The van der Waals surface area contributed by atoms with E-state index in [1.807, 2.05) is 67.9 Å². The Hall–Kier alpha value is -2.88. The number of hydrogen-bond acceptors (Lipinski definition) is 2. The number of rotatable bonds is 4. The number of hydrogen-bond donors (Lipinski definition) is 1. The molecule has 1 N–H and O–H groups in total. The van der Waals surface area contributed by atoms with Gasteiger partial charge in [0.05, 0.1) is 6.54 Å². The number of benzene rings is 2. The number of amides is 1. The third kappa shape index (κ3) is 3.54. The predicted octanol–water partition coefficient (Wildman–Crippen LogP) is 4.11. The van der Waals surface area contributed by atoms with Crippen LogP contribution in [0.3, 0.4) is 0 Å². The van der Waals surface area contributed by atoms with Crippen LogP contribution in [0.15, 0.2) is 54.6 Å². The molecule has 0 saturated carbocycles. The number of nitrogens with one attached hydrogen (secondary N) is 1. The minimum atomic E-state index is -0.137. The first-order chi connectivity index (χ1) is 11.5. The lowest BCUT2D eigenvalue weighted by Gasteiger charge is -2.06. The maximum Gasteiger partial charge on any atom is 0.256 e. The first-order valence-corrected chi connectivity index (χ1v) is 8.00. The van der Waals surface area contributed by atoms with Crippen LogP contribution in [0.4, 0.5) is 5.82 Å². The van der Waals surface area contributed by atoms with E-state index in [9.17, 15) is 4.79 Å². The molecule has 0 bridgehead atoms. The summed E-state index contributed by atoms with van der Waals surface area (Å²) in [7, 11) is 0. The Morgan fingerprint density at radius 2 is 1.75 bits per heavy atom. The van der Waals surface area contributed by atoms with Crippen LogP contribution in [0.25, 0.3) is 0 Å². The second-order valence-corrected chi connectivity index (χ2v) is 6.07. The second-order valence-electron chi connectivity index (χ2n) is 6.07. The molecule has 0 radical (unpaired) electrons. The lowest BCUT2D eigenvalue weighted by atomic mass is 10.1. The molecule has 0 unspecified atom stereocenters. The van der Waals surface area contributed by atoms with E-state index < -0.39 is 0 Å². The molecule has 2 aromatic carbocycles. The van der Waals surface area contributed by atoms with Crippen molar-refractivity contribution in [3.05, 3.63) is 82.5 Å². The summed E-state index contributed by atoms with van der Waals surface area (Å²) in [5.41, 5.74) is 5.11. The van der Waals surface area contributed by atoms with Crippen molar-refractivity contribution in [1.82, 2.24) is 9.78 Å². The van der Waals surface area contributed by atoms with Gasteiger partial charge in [-0.15, -0.1) is 0 Å². The van der Waals surface area contributed by atoms with Gasteiger partial charge in [0, 0.05) is 17.3 Å². The summed E-state index contributed by atoms with van der Waals surface area (Å²) in [5, 5.41) is 7.38. The van der Waals surface area contributed by atoms with Crippen LogP contribution in [0.5, 0.6) is 0 Å². The van der Waals surface area contributed by atoms with Crippen LogP contribution < -0.4 is 5.32 Å². The van der Waals surface area contributed by atoms with Crippen molar-refractivity contribution < 1.29 is 4.79 Å². The van der Waals surface area contributed by atoms with E-state index in [-0.39, 0.29) is 5.91 Å². The topological polar surface area (TPSA) is 46.9 Å². The van der Waals surface area contributed by atoms with E-state index in [4.69, 9.17) is 0 Å². The minimum Gasteiger partial charge on any atom is -0.305 e. The van der Waals surface area contributed by atoms with Crippen molar-refractivity contribution in [1.29, 1.82) is 0 Å². The number of carbonyl (C=O) groups is 1. The minimum absolute atomic E-state index is 0.137. The SMILES string of the molecule is Cc1ccc(C(=O)Nc2cc(C)n(Cc3ccccc3)n2)cc1C. The van der Waals surface area contributed by atoms with E-state index in [1.54, 1.807) is 0 Å². The standard InChI is InChI=1S/C20H21N3O/c1-14-9-10-18(11-15(14)2)20(24)21-19-12-16(3)23(22-19)13-17-7-5-4-6-8-17/h4-12H,13H2,1-3H3,(H,21,22,24). The van der Waals surface area contributed by atoms with Crippen LogP contribution in [0, 0.1) is 20.8 Å². The first kappa shape index (κ1) is 16.0. The van der Waals surface area contributed by atoms with E-state index in [1.165, 1.54) is 11.1 Å². The number of aryl methyl sites for hydroxylation is 3. The largest absolute Gasteiger partial charge is 0.305 e. The third-order valence-corrected chi connectivity index (χ3v) is 4.17.